The van der Waals surface area contributed by atoms with Crippen molar-refractivity contribution in [3.8, 4) is 0 Å². The average Bonchev–Trinajstić information content (AvgIpc) is 3.13. The molecule has 112 valence electrons. The van der Waals surface area contributed by atoms with Crippen molar-refractivity contribution < 1.29 is 17.9 Å². The van der Waals surface area contributed by atoms with Gasteiger partial charge in [-0.05, 0) is 32.7 Å². The van der Waals surface area contributed by atoms with E-state index in [-0.39, 0.29) is 11.7 Å². The third-order valence-electron chi connectivity index (χ3n) is 3.29. The topological polar surface area (TPSA) is 72.5 Å². The lowest BCUT2D eigenvalue weighted by Gasteiger charge is -2.30. The van der Waals surface area contributed by atoms with Gasteiger partial charge in [-0.1, -0.05) is 0 Å². The summed E-state index contributed by atoms with van der Waals surface area (Å²) in [6.45, 7) is 2.16. The fraction of sp³-hybridized carbons (Fsp3) is 0.917. The van der Waals surface area contributed by atoms with Crippen LogP contribution in [0.2, 0.25) is 0 Å². The summed E-state index contributed by atoms with van der Waals surface area (Å²) in [7, 11) is -1.17. The molecule has 0 aliphatic heterocycles. The molecule has 1 unspecified atom stereocenters. The maximum Gasteiger partial charge on any atom is 0.327 e. The molecule has 0 aromatic heterocycles. The number of ether oxygens (including phenoxy) is 1. The minimum Gasteiger partial charge on any atom is -0.465 e. The summed E-state index contributed by atoms with van der Waals surface area (Å²) in [5, 5.41) is 3.11. The van der Waals surface area contributed by atoms with Crippen LogP contribution in [0, 0.1) is 5.92 Å². The minimum atomic E-state index is -2.94. The summed E-state index contributed by atoms with van der Waals surface area (Å²) in [6.07, 6.45) is 3.27. The lowest BCUT2D eigenvalue weighted by Crippen LogP contribution is -2.55. The number of rotatable bonds is 9. The van der Waals surface area contributed by atoms with Crippen LogP contribution in [0.4, 0.5) is 0 Å². The van der Waals surface area contributed by atoms with E-state index in [1.54, 1.807) is 14.0 Å². The average molecular weight is 309 g/mol. The van der Waals surface area contributed by atoms with Crippen LogP contribution in [0.1, 0.15) is 19.8 Å². The van der Waals surface area contributed by atoms with E-state index < -0.39 is 15.4 Å². The number of likely N-dealkylation sites (N-methyl/N-ethyl adjacent to an activating group) is 1. The number of hydrogen-bond acceptors (Lipinski definition) is 6. The molecule has 1 N–H and O–H groups in total. The Morgan fingerprint density at radius 2 is 2.11 bits per heavy atom. The van der Waals surface area contributed by atoms with E-state index in [4.69, 9.17) is 4.74 Å². The zero-order valence-electron chi connectivity index (χ0n) is 11.8. The zero-order chi connectivity index (χ0) is 14.5. The molecule has 1 aliphatic rings. The number of nitrogens with one attached hydrogen (secondary N) is 1. The van der Waals surface area contributed by atoms with Crippen LogP contribution in [-0.2, 0) is 19.4 Å². The summed E-state index contributed by atoms with van der Waals surface area (Å²) in [6, 6.07) is 0. The van der Waals surface area contributed by atoms with Gasteiger partial charge in [0.2, 0.25) is 0 Å². The minimum absolute atomic E-state index is 0.144. The van der Waals surface area contributed by atoms with E-state index >= 15 is 0 Å². The highest BCUT2D eigenvalue weighted by Gasteiger charge is 2.50. The Hall–Kier alpha value is -0.270. The van der Waals surface area contributed by atoms with Crippen LogP contribution in [0.15, 0.2) is 0 Å². The Kier molecular flexibility index (Phi) is 6.14. The van der Waals surface area contributed by atoms with E-state index in [9.17, 15) is 13.2 Å². The first-order valence-corrected chi connectivity index (χ1v) is 9.69. The number of carbonyl (C=O) groups is 1. The lowest BCUT2D eigenvalue weighted by atomic mass is 9.96. The molecule has 0 bridgehead atoms. The molecule has 0 spiro atoms. The first-order valence-electron chi connectivity index (χ1n) is 6.47. The smallest absolute Gasteiger partial charge is 0.327 e. The van der Waals surface area contributed by atoms with Gasteiger partial charge in [0.05, 0.1) is 12.4 Å². The first kappa shape index (κ1) is 16.8. The third-order valence-corrected chi connectivity index (χ3v) is 5.64. The number of thioether (sulfide) groups is 1. The maximum atomic E-state index is 12.2. The number of carbonyl (C=O) groups excluding carboxylic acids is 1. The molecule has 1 rings (SSSR count). The van der Waals surface area contributed by atoms with E-state index in [2.05, 4.69) is 5.32 Å². The van der Waals surface area contributed by atoms with Crippen LogP contribution in [0.25, 0.3) is 0 Å². The molecule has 19 heavy (non-hydrogen) atoms. The molecule has 1 aliphatic carbocycles. The molecule has 7 heteroatoms. The molecular weight excluding hydrogens is 286 g/mol. The quantitative estimate of drug-likeness (QED) is 0.499. The summed E-state index contributed by atoms with van der Waals surface area (Å²) in [5.41, 5.74) is -0.655. The molecule has 0 aromatic rings. The largest absolute Gasteiger partial charge is 0.465 e. The van der Waals surface area contributed by atoms with Crippen molar-refractivity contribution in [2.24, 2.45) is 5.92 Å². The second-order valence-corrected chi connectivity index (χ2v) is 8.26. The van der Waals surface area contributed by atoms with Gasteiger partial charge < -0.3 is 10.1 Å². The third kappa shape index (κ3) is 4.96. The van der Waals surface area contributed by atoms with Gasteiger partial charge in [-0.2, -0.15) is 11.8 Å². The molecule has 0 amide bonds. The van der Waals surface area contributed by atoms with Crippen molar-refractivity contribution >= 4 is 27.6 Å². The Balaban J connectivity index is 2.57. The summed E-state index contributed by atoms with van der Waals surface area (Å²) >= 11 is 1.49. The van der Waals surface area contributed by atoms with Gasteiger partial charge in [0.15, 0.2) is 0 Å². The molecule has 5 nitrogen and oxygen atoms in total. The molecule has 1 saturated carbocycles. The van der Waals surface area contributed by atoms with Crippen LogP contribution in [0.3, 0.4) is 0 Å². The van der Waals surface area contributed by atoms with E-state index in [0.29, 0.717) is 24.0 Å². The molecule has 0 heterocycles. The predicted molar refractivity (Wildman–Crippen MR) is 78.2 cm³/mol. The van der Waals surface area contributed by atoms with Crippen LogP contribution >= 0.6 is 11.8 Å². The monoisotopic (exact) mass is 309 g/mol. The van der Waals surface area contributed by atoms with Crippen molar-refractivity contribution in [2.45, 2.75) is 25.3 Å². The Labute approximate surface area is 119 Å². The van der Waals surface area contributed by atoms with E-state index in [1.165, 1.54) is 18.0 Å². The van der Waals surface area contributed by atoms with E-state index in [1.807, 2.05) is 0 Å². The number of esters is 1. The molecule has 0 radical (unpaired) electrons. The van der Waals surface area contributed by atoms with Crippen molar-refractivity contribution in [2.75, 3.05) is 37.2 Å². The van der Waals surface area contributed by atoms with Crippen molar-refractivity contribution in [3.05, 3.63) is 0 Å². The van der Waals surface area contributed by atoms with Gasteiger partial charge in [-0.25, -0.2) is 8.42 Å². The number of sulfone groups is 1. The van der Waals surface area contributed by atoms with Crippen molar-refractivity contribution in [3.63, 3.8) is 0 Å². The second-order valence-electron chi connectivity index (χ2n) is 4.90. The molecular formula is C12H23NO4S2. The maximum absolute atomic E-state index is 12.2. The molecule has 0 saturated heterocycles. The highest BCUT2D eigenvalue weighted by Crippen LogP contribution is 2.42. The van der Waals surface area contributed by atoms with Gasteiger partial charge >= 0.3 is 5.97 Å². The summed E-state index contributed by atoms with van der Waals surface area (Å²) < 4.78 is 27.3. The molecule has 1 fully saturated rings. The fourth-order valence-corrected chi connectivity index (χ4v) is 4.65. The van der Waals surface area contributed by atoms with Gasteiger partial charge in [-0.3, -0.25) is 4.79 Å². The lowest BCUT2D eigenvalue weighted by molar-refractivity contribution is -0.150. The summed E-state index contributed by atoms with van der Waals surface area (Å²) in [5.74, 6) is 1.30. The SMILES string of the molecule is CCOC(=O)C(CSCCS(C)(=O)=O)(NC)C1CC1. The zero-order valence-corrected chi connectivity index (χ0v) is 13.4. The predicted octanol–water partition coefficient (Wildman–Crippen LogP) is 0.695. The molecule has 0 aromatic carbocycles. The van der Waals surface area contributed by atoms with Crippen LogP contribution < -0.4 is 5.32 Å². The van der Waals surface area contributed by atoms with Gasteiger partial charge in [0.25, 0.3) is 0 Å². The summed E-state index contributed by atoms with van der Waals surface area (Å²) in [4.78, 5) is 12.2. The van der Waals surface area contributed by atoms with Crippen molar-refractivity contribution in [1.82, 2.24) is 5.32 Å². The highest BCUT2D eigenvalue weighted by molar-refractivity contribution is 8.00. The Morgan fingerprint density at radius 1 is 1.47 bits per heavy atom. The second kappa shape index (κ2) is 6.95. The van der Waals surface area contributed by atoms with Gasteiger partial charge in [0, 0.05) is 17.8 Å². The Bertz CT molecular complexity index is 406. The van der Waals surface area contributed by atoms with Gasteiger partial charge in [-0.15, -0.1) is 0 Å². The highest BCUT2D eigenvalue weighted by atomic mass is 32.2. The Morgan fingerprint density at radius 3 is 2.53 bits per heavy atom. The van der Waals surface area contributed by atoms with E-state index in [0.717, 1.165) is 12.8 Å². The van der Waals surface area contributed by atoms with Crippen LogP contribution in [-0.4, -0.2) is 57.1 Å². The normalized spacial score (nSPS) is 18.9. The first-order chi connectivity index (χ1) is 8.85. The number of hydrogen-bond donors (Lipinski definition) is 1. The van der Waals surface area contributed by atoms with Gasteiger partial charge in [0.1, 0.15) is 15.4 Å². The van der Waals surface area contributed by atoms with Crippen molar-refractivity contribution in [1.29, 1.82) is 0 Å². The fourth-order valence-electron chi connectivity index (χ4n) is 2.00. The van der Waals surface area contributed by atoms with Crippen LogP contribution in [0.5, 0.6) is 0 Å². The molecule has 1 atom stereocenters. The standard InChI is InChI=1S/C12H23NO4S2/c1-4-17-11(14)12(13-2,10-5-6-10)9-18-7-8-19(3,15)16/h10,13H,4-9H2,1-3H3.